The number of aromatic hydroxyl groups is 1. The first-order valence-corrected chi connectivity index (χ1v) is 21.6. The second kappa shape index (κ2) is 14.9. The summed E-state index contributed by atoms with van der Waals surface area (Å²) in [5.74, 6) is -0.975. The van der Waals surface area contributed by atoms with Gasteiger partial charge >= 0.3 is 0 Å². The number of Topliss-reactive ketones (excluding diaryl/α,β-unsaturated/α-hetero) is 2. The van der Waals surface area contributed by atoms with E-state index in [0.717, 1.165) is 37.9 Å². The largest absolute Gasteiger partial charge is 0.506 e. The number of hydrogen-bond donors (Lipinski definition) is 1. The van der Waals surface area contributed by atoms with Crippen LogP contribution in [-0.4, -0.2) is 111 Å². The van der Waals surface area contributed by atoms with E-state index in [-0.39, 0.29) is 52.8 Å². The van der Waals surface area contributed by atoms with Crippen molar-refractivity contribution in [2.45, 2.75) is 123 Å². The number of phenols is 1. The minimum absolute atomic E-state index is 0.0337. The van der Waals surface area contributed by atoms with E-state index in [9.17, 15) is 19.5 Å². The van der Waals surface area contributed by atoms with Crippen LogP contribution in [0.4, 0.5) is 0 Å². The number of fused-ring (bicyclic) bond motifs is 2. The molecule has 5 unspecified atom stereocenters. The summed E-state index contributed by atoms with van der Waals surface area (Å²) in [4.78, 5) is 62.5. The molecule has 1 spiro atoms. The number of ketones is 2. The molecule has 5 aliphatic heterocycles. The van der Waals surface area contributed by atoms with Crippen molar-refractivity contribution in [2.75, 3.05) is 45.8 Å². The number of amides is 2. The molecule has 5 atom stereocenters. The van der Waals surface area contributed by atoms with Crippen LogP contribution in [0.15, 0.2) is 52.7 Å². The van der Waals surface area contributed by atoms with Crippen LogP contribution in [0.5, 0.6) is 17.2 Å². The number of allylic oxidation sites excluding steroid dienone is 5. The summed E-state index contributed by atoms with van der Waals surface area (Å²) in [5, 5.41) is 12.0. The Hall–Kier alpha value is -4.48. The Balaban J connectivity index is 1.14. The third kappa shape index (κ3) is 6.71. The molecule has 9 rings (SSSR count). The molecule has 4 fully saturated rings. The molecule has 316 valence electrons. The van der Waals surface area contributed by atoms with Gasteiger partial charge in [-0.15, -0.1) is 0 Å². The monoisotopic (exact) mass is 807 g/mol. The highest BCUT2D eigenvalue weighted by atomic mass is 16.6. The Morgan fingerprint density at radius 1 is 0.881 bits per heavy atom. The number of piperazine rings is 1. The van der Waals surface area contributed by atoms with Crippen LogP contribution >= 0.6 is 0 Å². The number of rotatable bonds is 10. The first kappa shape index (κ1) is 41.3. The number of benzene rings is 1. The quantitative estimate of drug-likeness (QED) is 0.198. The van der Waals surface area contributed by atoms with Gasteiger partial charge in [-0.3, -0.25) is 24.1 Å². The van der Waals surface area contributed by atoms with Crippen LogP contribution in [0.2, 0.25) is 0 Å². The smallest absolute Gasteiger partial charge is 0.249 e. The lowest BCUT2D eigenvalue weighted by molar-refractivity contribution is -0.171. The highest BCUT2D eigenvalue weighted by Crippen LogP contribution is 2.68. The van der Waals surface area contributed by atoms with E-state index in [1.54, 1.807) is 24.0 Å². The third-order valence-corrected chi connectivity index (χ3v) is 14.0. The average molecular weight is 808 g/mol. The zero-order chi connectivity index (χ0) is 42.2. The SMILES string of the molecule is CC(C)=CCCC1(C)C=Cc2c(O)c3c(c(CC=C(C)C)c2O1)OC12C(=CC4CC1C(C)(C)OC2(CC=C(C)C(=O)N1CCN(CC(=O)N2CCCC2)CC1)C4=O)C3=O. The summed E-state index contributed by atoms with van der Waals surface area (Å²) < 4.78 is 21.2. The normalized spacial score (nSPS) is 30.2. The fourth-order valence-corrected chi connectivity index (χ4v) is 10.8. The molecule has 11 nitrogen and oxygen atoms in total. The van der Waals surface area contributed by atoms with Crippen LogP contribution in [-0.2, 0) is 25.5 Å². The Bertz CT molecular complexity index is 2140. The first-order chi connectivity index (χ1) is 27.9. The molecule has 59 heavy (non-hydrogen) atoms. The molecule has 8 aliphatic rings. The van der Waals surface area contributed by atoms with Crippen LogP contribution in [0.3, 0.4) is 0 Å². The second-order valence-corrected chi connectivity index (χ2v) is 19.1. The number of phenolic OH excluding ortho intramolecular Hbond substituents is 1. The van der Waals surface area contributed by atoms with Gasteiger partial charge in [0.25, 0.3) is 0 Å². The summed E-state index contributed by atoms with van der Waals surface area (Å²) in [7, 11) is 0. The lowest BCUT2D eigenvalue weighted by atomic mass is 9.51. The van der Waals surface area contributed by atoms with Gasteiger partial charge < -0.3 is 29.1 Å². The fraction of sp³-hybridized carbons (Fsp3) is 0.583. The van der Waals surface area contributed by atoms with Gasteiger partial charge in [0.15, 0.2) is 22.8 Å². The van der Waals surface area contributed by atoms with Gasteiger partial charge in [-0.25, -0.2) is 0 Å². The maximum absolute atomic E-state index is 15.1. The van der Waals surface area contributed by atoms with Crippen molar-refractivity contribution in [3.63, 3.8) is 0 Å². The van der Waals surface area contributed by atoms with Gasteiger partial charge in [-0.2, -0.15) is 0 Å². The van der Waals surface area contributed by atoms with E-state index in [4.69, 9.17) is 14.2 Å². The highest BCUT2D eigenvalue weighted by Gasteiger charge is 2.81. The number of hydrogen-bond acceptors (Lipinski definition) is 9. The lowest BCUT2D eigenvalue weighted by Gasteiger charge is -2.56. The molecule has 0 radical (unpaired) electrons. The standard InChI is InChI=1S/C48H61N3O8/c1-29(2)12-11-17-46(8)18-16-33-39(53)38-40(54)35-26-32-27-36-45(6,7)59-47(43(32)55,48(35,36)58-42(38)34(41(33)57-46)14-13-30(3)4)19-15-31(5)44(56)51-24-22-49(23-25-51)28-37(52)50-20-9-10-21-50/h12-13,15-16,18,26,32,36,53H,9-11,14,17,19-25,27-28H2,1-8H3. The molecule has 0 aromatic heterocycles. The molecule has 11 heteroatoms. The van der Waals surface area contributed by atoms with E-state index < -0.39 is 28.3 Å². The van der Waals surface area contributed by atoms with E-state index in [1.807, 2.05) is 51.7 Å². The maximum atomic E-state index is 15.1. The van der Waals surface area contributed by atoms with Gasteiger partial charge in [0, 0.05) is 74.2 Å². The summed E-state index contributed by atoms with van der Waals surface area (Å²) in [6, 6.07) is 0. The average Bonchev–Trinajstić information content (AvgIpc) is 3.78. The van der Waals surface area contributed by atoms with Crippen LogP contribution < -0.4 is 9.47 Å². The molecule has 3 aliphatic carbocycles. The minimum Gasteiger partial charge on any atom is -0.506 e. The topological polar surface area (TPSA) is 126 Å². The zero-order valence-electron chi connectivity index (χ0n) is 36.2. The third-order valence-electron chi connectivity index (χ3n) is 14.0. The van der Waals surface area contributed by atoms with Gasteiger partial charge in [0.2, 0.25) is 11.8 Å². The molecule has 3 saturated heterocycles. The van der Waals surface area contributed by atoms with E-state index >= 15 is 4.79 Å². The van der Waals surface area contributed by atoms with Crippen molar-refractivity contribution in [1.29, 1.82) is 0 Å². The Morgan fingerprint density at radius 3 is 2.25 bits per heavy atom. The Morgan fingerprint density at radius 2 is 1.58 bits per heavy atom. The molecule has 1 saturated carbocycles. The van der Waals surface area contributed by atoms with Crippen molar-refractivity contribution in [3.8, 4) is 17.2 Å². The molecule has 1 aromatic carbocycles. The summed E-state index contributed by atoms with van der Waals surface area (Å²) in [5.41, 5.74) is -0.384. The van der Waals surface area contributed by atoms with Gasteiger partial charge in [0.1, 0.15) is 28.4 Å². The number of carbonyl (C=O) groups excluding carboxylic acids is 4. The number of ether oxygens (including phenoxy) is 3. The van der Waals surface area contributed by atoms with Crippen LogP contribution in [0.25, 0.3) is 6.08 Å². The number of carbonyl (C=O) groups is 4. The van der Waals surface area contributed by atoms with Crippen LogP contribution in [0.1, 0.15) is 115 Å². The lowest BCUT2D eigenvalue weighted by Crippen LogP contribution is -2.72. The van der Waals surface area contributed by atoms with E-state index in [0.29, 0.717) is 80.0 Å². The van der Waals surface area contributed by atoms with Crippen molar-refractivity contribution >= 4 is 29.5 Å². The predicted octanol–water partition coefficient (Wildman–Crippen LogP) is 6.92. The van der Waals surface area contributed by atoms with Crippen molar-refractivity contribution in [1.82, 2.24) is 14.7 Å². The van der Waals surface area contributed by atoms with E-state index in [2.05, 4.69) is 30.9 Å². The second-order valence-electron chi connectivity index (χ2n) is 19.1. The predicted molar refractivity (Wildman–Crippen MR) is 225 cm³/mol. The molecule has 5 heterocycles. The van der Waals surface area contributed by atoms with Crippen LogP contribution in [0, 0.1) is 11.8 Å². The highest BCUT2D eigenvalue weighted by molar-refractivity contribution is 6.19. The van der Waals surface area contributed by atoms with Crippen molar-refractivity contribution in [3.05, 3.63) is 69.4 Å². The Kier molecular flexibility index (Phi) is 10.4. The van der Waals surface area contributed by atoms with Gasteiger partial charge in [-0.1, -0.05) is 35.5 Å². The minimum atomic E-state index is -1.60. The summed E-state index contributed by atoms with van der Waals surface area (Å²) >= 11 is 0. The molecule has 1 N–H and O–H groups in total. The Labute approximate surface area is 348 Å². The molecular weight excluding hydrogens is 747 g/mol. The number of nitrogens with zero attached hydrogens (tertiary/aromatic N) is 3. The van der Waals surface area contributed by atoms with E-state index in [1.165, 1.54) is 5.57 Å². The maximum Gasteiger partial charge on any atom is 0.249 e. The molecule has 2 amide bonds. The van der Waals surface area contributed by atoms with Gasteiger partial charge in [-0.05, 0) is 106 Å². The molecule has 1 aromatic rings. The van der Waals surface area contributed by atoms with Crippen molar-refractivity contribution < 1.29 is 38.5 Å². The zero-order valence-corrected chi connectivity index (χ0v) is 36.2. The molecule has 4 bridgehead atoms. The first-order valence-electron chi connectivity index (χ1n) is 21.6. The fourth-order valence-electron chi connectivity index (χ4n) is 10.8. The summed E-state index contributed by atoms with van der Waals surface area (Å²) in [6.45, 7) is 20.1. The summed E-state index contributed by atoms with van der Waals surface area (Å²) in [6.07, 6.45) is 16.1. The molecular formula is C48H61N3O8. The van der Waals surface area contributed by atoms with Crippen molar-refractivity contribution in [2.24, 2.45) is 11.8 Å². The van der Waals surface area contributed by atoms with Gasteiger partial charge in [0.05, 0.1) is 17.7 Å². The number of likely N-dealkylation sites (tertiary alicyclic amines) is 1.